The molecule has 1 N–H and O–H groups in total. The third kappa shape index (κ3) is 2.72. The molecule has 102 valence electrons. The summed E-state index contributed by atoms with van der Waals surface area (Å²) in [5.41, 5.74) is 0.727. The normalized spacial score (nSPS) is 18.8. The van der Waals surface area contributed by atoms with Crippen molar-refractivity contribution in [1.29, 1.82) is 0 Å². The number of aromatic nitrogens is 1. The van der Waals surface area contributed by atoms with Crippen molar-refractivity contribution in [1.82, 2.24) is 10.5 Å². The minimum Gasteiger partial charge on any atom is -0.491 e. The van der Waals surface area contributed by atoms with Crippen molar-refractivity contribution < 1.29 is 18.8 Å². The molecule has 19 heavy (non-hydrogen) atoms. The summed E-state index contributed by atoms with van der Waals surface area (Å²) in [6.07, 6.45) is 2.33. The Balaban J connectivity index is 1.57. The number of nitrogens with one attached hydrogen (secondary N) is 1. The summed E-state index contributed by atoms with van der Waals surface area (Å²) in [7, 11) is 0. The largest absolute Gasteiger partial charge is 0.491 e. The van der Waals surface area contributed by atoms with E-state index in [1.165, 1.54) is 0 Å². The number of rotatable bonds is 4. The molecule has 1 fully saturated rings. The Bertz CT molecular complexity index is 516. The lowest BCUT2D eigenvalue weighted by molar-refractivity contribution is -0.122. The summed E-state index contributed by atoms with van der Waals surface area (Å²) in [6, 6.07) is 1.90. The van der Waals surface area contributed by atoms with Gasteiger partial charge in [-0.05, 0) is 19.8 Å². The smallest absolute Gasteiger partial charge is 0.290 e. The van der Waals surface area contributed by atoms with Crippen molar-refractivity contribution in [3.8, 4) is 0 Å². The molecule has 1 aliphatic heterocycles. The van der Waals surface area contributed by atoms with Crippen LogP contribution in [-0.2, 0) is 20.8 Å². The SMILES string of the molecule is CC1=C(C(=O)NCc2cc(C3CC3)on2)OCCO1. The number of carbonyl (C=O) groups excluding carboxylic acids is 1. The molecule has 2 heterocycles. The molecular formula is C13H16N2O4. The minimum absolute atomic E-state index is 0.247. The highest BCUT2D eigenvalue weighted by atomic mass is 16.6. The van der Waals surface area contributed by atoms with E-state index in [1.54, 1.807) is 6.92 Å². The van der Waals surface area contributed by atoms with Crippen molar-refractivity contribution in [2.45, 2.75) is 32.2 Å². The molecule has 3 rings (SSSR count). The minimum atomic E-state index is -0.284. The summed E-state index contributed by atoms with van der Waals surface area (Å²) in [6.45, 7) is 2.93. The summed E-state index contributed by atoms with van der Waals surface area (Å²) < 4.78 is 15.8. The highest BCUT2D eigenvalue weighted by molar-refractivity contribution is 5.91. The first-order chi connectivity index (χ1) is 9.24. The van der Waals surface area contributed by atoms with Crippen LogP contribution in [0.5, 0.6) is 0 Å². The molecule has 6 nitrogen and oxygen atoms in total. The number of allylic oxidation sites excluding steroid dienone is 1. The second-order valence-electron chi connectivity index (χ2n) is 4.76. The molecule has 1 saturated carbocycles. The molecule has 0 aromatic carbocycles. The molecule has 0 spiro atoms. The Morgan fingerprint density at radius 1 is 1.42 bits per heavy atom. The molecule has 1 aromatic heterocycles. The zero-order valence-electron chi connectivity index (χ0n) is 10.8. The van der Waals surface area contributed by atoms with Gasteiger partial charge in [-0.25, -0.2) is 0 Å². The van der Waals surface area contributed by atoms with E-state index >= 15 is 0 Å². The number of amides is 1. The Morgan fingerprint density at radius 3 is 2.95 bits per heavy atom. The van der Waals surface area contributed by atoms with Gasteiger partial charge >= 0.3 is 0 Å². The maximum absolute atomic E-state index is 11.9. The van der Waals surface area contributed by atoms with Gasteiger partial charge < -0.3 is 19.3 Å². The second-order valence-corrected chi connectivity index (χ2v) is 4.76. The summed E-state index contributed by atoms with van der Waals surface area (Å²) in [4.78, 5) is 11.9. The number of carbonyl (C=O) groups is 1. The van der Waals surface area contributed by atoms with Gasteiger partial charge in [-0.15, -0.1) is 0 Å². The first-order valence-electron chi connectivity index (χ1n) is 6.44. The lowest BCUT2D eigenvalue weighted by Crippen LogP contribution is -2.29. The van der Waals surface area contributed by atoms with Gasteiger partial charge in [0.1, 0.15) is 30.4 Å². The third-order valence-electron chi connectivity index (χ3n) is 3.16. The molecule has 0 saturated heterocycles. The molecule has 1 aliphatic carbocycles. The van der Waals surface area contributed by atoms with Crippen molar-refractivity contribution in [3.05, 3.63) is 29.0 Å². The molecule has 0 unspecified atom stereocenters. The maximum Gasteiger partial charge on any atom is 0.290 e. The molecular weight excluding hydrogens is 248 g/mol. The quantitative estimate of drug-likeness (QED) is 0.891. The van der Waals surface area contributed by atoms with Gasteiger partial charge in [-0.2, -0.15) is 0 Å². The van der Waals surface area contributed by atoms with E-state index < -0.39 is 0 Å². The fraction of sp³-hybridized carbons (Fsp3) is 0.538. The molecule has 6 heteroatoms. The lowest BCUT2D eigenvalue weighted by Gasteiger charge is -2.18. The Hall–Kier alpha value is -1.98. The van der Waals surface area contributed by atoms with Crippen LogP contribution in [0, 0.1) is 0 Å². The van der Waals surface area contributed by atoms with Gasteiger partial charge in [0.2, 0.25) is 5.76 Å². The standard InChI is InChI=1S/C13H16N2O4/c1-8-12(18-5-4-17-8)13(16)14-7-10-6-11(19-15-10)9-2-3-9/h6,9H,2-5,7H2,1H3,(H,14,16). The van der Waals surface area contributed by atoms with Crippen LogP contribution in [0.1, 0.15) is 37.1 Å². The van der Waals surface area contributed by atoms with E-state index in [9.17, 15) is 4.79 Å². The van der Waals surface area contributed by atoms with Crippen molar-refractivity contribution in [3.63, 3.8) is 0 Å². The first-order valence-corrected chi connectivity index (χ1v) is 6.44. The van der Waals surface area contributed by atoms with E-state index in [-0.39, 0.29) is 11.7 Å². The van der Waals surface area contributed by atoms with Crippen LogP contribution in [0.25, 0.3) is 0 Å². The molecule has 1 aromatic rings. The topological polar surface area (TPSA) is 73.6 Å². The van der Waals surface area contributed by atoms with Crippen molar-refractivity contribution >= 4 is 5.91 Å². The number of ether oxygens (including phenoxy) is 2. The van der Waals surface area contributed by atoms with E-state index in [1.807, 2.05) is 6.07 Å². The van der Waals surface area contributed by atoms with Gasteiger partial charge in [0.15, 0.2) is 0 Å². The van der Waals surface area contributed by atoms with Crippen LogP contribution in [0.2, 0.25) is 0 Å². The average Bonchev–Trinajstić information content (AvgIpc) is 3.16. The highest BCUT2D eigenvalue weighted by Crippen LogP contribution is 2.40. The zero-order valence-corrected chi connectivity index (χ0v) is 10.8. The van der Waals surface area contributed by atoms with Crippen LogP contribution in [0.4, 0.5) is 0 Å². The third-order valence-corrected chi connectivity index (χ3v) is 3.16. The summed E-state index contributed by atoms with van der Waals surface area (Å²) >= 11 is 0. The zero-order chi connectivity index (χ0) is 13.2. The van der Waals surface area contributed by atoms with Gasteiger partial charge in [-0.3, -0.25) is 4.79 Å². The monoisotopic (exact) mass is 264 g/mol. The van der Waals surface area contributed by atoms with E-state index in [0.717, 1.165) is 24.3 Å². The Kier molecular flexibility index (Phi) is 3.15. The van der Waals surface area contributed by atoms with Crippen LogP contribution < -0.4 is 5.32 Å². The first kappa shape index (κ1) is 12.1. The highest BCUT2D eigenvalue weighted by Gasteiger charge is 2.28. The average molecular weight is 264 g/mol. The maximum atomic E-state index is 11.9. The Morgan fingerprint density at radius 2 is 2.21 bits per heavy atom. The lowest BCUT2D eigenvalue weighted by atomic mass is 10.3. The molecule has 1 amide bonds. The molecule has 0 bridgehead atoms. The van der Waals surface area contributed by atoms with Crippen LogP contribution in [0.3, 0.4) is 0 Å². The fourth-order valence-electron chi connectivity index (χ4n) is 1.95. The van der Waals surface area contributed by atoms with Crippen LogP contribution in [0.15, 0.2) is 22.1 Å². The second kappa shape index (κ2) is 4.95. The van der Waals surface area contributed by atoms with Crippen molar-refractivity contribution in [2.75, 3.05) is 13.2 Å². The van der Waals surface area contributed by atoms with E-state index in [0.29, 0.717) is 31.4 Å². The predicted molar refractivity (Wildman–Crippen MR) is 64.9 cm³/mol. The van der Waals surface area contributed by atoms with Crippen molar-refractivity contribution in [2.24, 2.45) is 0 Å². The van der Waals surface area contributed by atoms with Crippen LogP contribution in [-0.4, -0.2) is 24.3 Å². The van der Waals surface area contributed by atoms with Gasteiger partial charge in [0.05, 0.1) is 6.54 Å². The number of hydrogen-bond donors (Lipinski definition) is 1. The Labute approximate surface area is 110 Å². The van der Waals surface area contributed by atoms with Crippen LogP contribution >= 0.6 is 0 Å². The molecule has 0 radical (unpaired) electrons. The van der Waals surface area contributed by atoms with Gasteiger partial charge in [0.25, 0.3) is 5.91 Å². The summed E-state index contributed by atoms with van der Waals surface area (Å²) in [5, 5.41) is 6.68. The molecule has 0 atom stereocenters. The predicted octanol–water partition coefficient (Wildman–Crippen LogP) is 1.45. The summed E-state index contributed by atoms with van der Waals surface area (Å²) in [5.74, 6) is 1.92. The van der Waals surface area contributed by atoms with Gasteiger partial charge in [0, 0.05) is 12.0 Å². The van der Waals surface area contributed by atoms with E-state index in [4.69, 9.17) is 14.0 Å². The molecule has 2 aliphatic rings. The van der Waals surface area contributed by atoms with Gasteiger partial charge in [-0.1, -0.05) is 5.16 Å². The fourth-order valence-corrected chi connectivity index (χ4v) is 1.95. The van der Waals surface area contributed by atoms with E-state index in [2.05, 4.69) is 10.5 Å². The number of hydrogen-bond acceptors (Lipinski definition) is 5. The number of nitrogens with zero attached hydrogens (tertiary/aromatic N) is 1.